The van der Waals surface area contributed by atoms with E-state index in [2.05, 4.69) is 26.2 Å². The van der Waals surface area contributed by atoms with E-state index in [9.17, 15) is 4.79 Å². The van der Waals surface area contributed by atoms with Crippen LogP contribution in [0.25, 0.3) is 0 Å². The lowest BCUT2D eigenvalue weighted by atomic mass is 10.0. The van der Waals surface area contributed by atoms with E-state index in [1.165, 1.54) is 0 Å². The molecule has 0 aromatic heterocycles. The van der Waals surface area contributed by atoms with E-state index < -0.39 is 6.23 Å². The summed E-state index contributed by atoms with van der Waals surface area (Å²) in [7, 11) is 0. The second-order valence-electron chi connectivity index (χ2n) is 5.67. The van der Waals surface area contributed by atoms with E-state index in [-0.39, 0.29) is 12.0 Å². The van der Waals surface area contributed by atoms with Crippen LogP contribution in [0.3, 0.4) is 0 Å². The minimum atomic E-state index is -0.928. The number of carbonyl (C=O) groups excluding carboxylic acids is 1. The van der Waals surface area contributed by atoms with Gasteiger partial charge in [-0.15, -0.1) is 0 Å². The number of rotatable bonds is 3. The molecular weight excluding hydrogens is 392 g/mol. The summed E-state index contributed by atoms with van der Waals surface area (Å²) in [4.78, 5) is 17.1. The molecule has 2 aromatic rings. The van der Waals surface area contributed by atoms with Crippen LogP contribution < -0.4 is 5.32 Å². The quantitative estimate of drug-likeness (QED) is 0.805. The van der Waals surface area contributed by atoms with Gasteiger partial charge >= 0.3 is 0 Å². The lowest BCUT2D eigenvalue weighted by Gasteiger charge is -2.15. The molecule has 1 heterocycles. The number of benzene rings is 2. The Morgan fingerprint density at radius 2 is 1.96 bits per heavy atom. The van der Waals surface area contributed by atoms with Gasteiger partial charge in [0.25, 0.3) is 5.91 Å². The van der Waals surface area contributed by atoms with Crippen molar-refractivity contribution < 1.29 is 9.53 Å². The van der Waals surface area contributed by atoms with Crippen LogP contribution in [0.2, 0.25) is 5.02 Å². The SMILES string of the molecule is CC(C)OC1N=C(c2ccccc2Cl)c2cc(Br)ccc2NC1=O. The fourth-order valence-corrected chi connectivity index (χ4v) is 3.07. The van der Waals surface area contributed by atoms with Gasteiger partial charge in [-0.05, 0) is 38.1 Å². The number of hydrogen-bond donors (Lipinski definition) is 1. The van der Waals surface area contributed by atoms with Gasteiger partial charge in [-0.1, -0.05) is 45.7 Å². The molecule has 1 aliphatic heterocycles. The predicted octanol–water partition coefficient (Wildman–Crippen LogP) is 4.64. The standard InChI is InChI=1S/C18H16BrClN2O2/c1-10(2)24-18-17(23)21-15-8-7-11(19)9-13(15)16(22-18)12-5-3-4-6-14(12)20/h3-10,18H,1-2H3,(H,21,23). The van der Waals surface area contributed by atoms with Crippen LogP contribution in [0.4, 0.5) is 5.69 Å². The molecule has 0 aliphatic carbocycles. The minimum Gasteiger partial charge on any atom is -0.345 e. The topological polar surface area (TPSA) is 50.7 Å². The fraction of sp³-hybridized carbons (Fsp3) is 0.222. The summed E-state index contributed by atoms with van der Waals surface area (Å²) in [6.45, 7) is 3.74. The third-order valence-corrected chi connectivity index (χ3v) is 4.32. The number of fused-ring (bicyclic) bond motifs is 1. The minimum absolute atomic E-state index is 0.134. The molecule has 0 saturated heterocycles. The molecule has 1 unspecified atom stereocenters. The van der Waals surface area contributed by atoms with Gasteiger partial charge in [0.2, 0.25) is 6.23 Å². The van der Waals surface area contributed by atoms with Crippen molar-refractivity contribution in [2.75, 3.05) is 5.32 Å². The number of benzodiazepines with no additional fused rings is 1. The molecule has 24 heavy (non-hydrogen) atoms. The van der Waals surface area contributed by atoms with Crippen molar-refractivity contribution in [2.24, 2.45) is 4.99 Å². The number of ether oxygens (including phenoxy) is 1. The molecule has 124 valence electrons. The third-order valence-electron chi connectivity index (χ3n) is 3.50. The molecule has 1 amide bonds. The van der Waals surface area contributed by atoms with E-state index >= 15 is 0 Å². The highest BCUT2D eigenvalue weighted by atomic mass is 79.9. The van der Waals surface area contributed by atoms with Gasteiger partial charge in [0.15, 0.2) is 0 Å². The number of anilines is 1. The predicted molar refractivity (Wildman–Crippen MR) is 99.9 cm³/mol. The first-order chi connectivity index (χ1) is 11.5. The average Bonchev–Trinajstić information content (AvgIpc) is 2.65. The number of nitrogens with one attached hydrogen (secondary N) is 1. The molecule has 2 aromatic carbocycles. The number of nitrogens with zero attached hydrogens (tertiary/aromatic N) is 1. The molecule has 6 heteroatoms. The van der Waals surface area contributed by atoms with Crippen molar-refractivity contribution in [2.45, 2.75) is 26.2 Å². The van der Waals surface area contributed by atoms with Gasteiger partial charge < -0.3 is 10.1 Å². The van der Waals surface area contributed by atoms with Gasteiger partial charge in [-0.25, -0.2) is 4.99 Å². The molecule has 1 atom stereocenters. The highest BCUT2D eigenvalue weighted by Gasteiger charge is 2.28. The summed E-state index contributed by atoms with van der Waals surface area (Å²) < 4.78 is 6.57. The Labute approximate surface area is 154 Å². The first kappa shape index (κ1) is 17.1. The van der Waals surface area contributed by atoms with Gasteiger partial charge in [-0.2, -0.15) is 0 Å². The first-order valence-electron chi connectivity index (χ1n) is 7.54. The van der Waals surface area contributed by atoms with Gasteiger partial charge in [0, 0.05) is 20.6 Å². The maximum absolute atomic E-state index is 12.5. The molecular formula is C18H16BrClN2O2. The van der Waals surface area contributed by atoms with Crippen molar-refractivity contribution in [1.29, 1.82) is 0 Å². The Morgan fingerprint density at radius 1 is 1.21 bits per heavy atom. The largest absolute Gasteiger partial charge is 0.345 e. The number of halogens is 2. The highest BCUT2D eigenvalue weighted by Crippen LogP contribution is 2.30. The van der Waals surface area contributed by atoms with Crippen LogP contribution in [-0.4, -0.2) is 24.0 Å². The lowest BCUT2D eigenvalue weighted by molar-refractivity contribution is -0.129. The van der Waals surface area contributed by atoms with Crippen LogP contribution in [0.15, 0.2) is 51.9 Å². The monoisotopic (exact) mass is 406 g/mol. The third kappa shape index (κ3) is 3.53. The summed E-state index contributed by atoms with van der Waals surface area (Å²) in [5.74, 6) is -0.297. The highest BCUT2D eigenvalue weighted by molar-refractivity contribution is 9.10. The van der Waals surface area contributed by atoms with Crippen molar-refractivity contribution in [3.8, 4) is 0 Å². The summed E-state index contributed by atoms with van der Waals surface area (Å²) >= 11 is 9.84. The van der Waals surface area contributed by atoms with Crippen molar-refractivity contribution in [3.05, 3.63) is 63.1 Å². The second-order valence-corrected chi connectivity index (χ2v) is 7.00. The number of hydrogen-bond acceptors (Lipinski definition) is 3. The van der Waals surface area contributed by atoms with Crippen LogP contribution in [0, 0.1) is 0 Å². The second kappa shape index (κ2) is 7.05. The Hall–Kier alpha value is -1.69. The van der Waals surface area contributed by atoms with Crippen LogP contribution >= 0.6 is 27.5 Å². The van der Waals surface area contributed by atoms with Crippen LogP contribution in [-0.2, 0) is 9.53 Å². The van der Waals surface area contributed by atoms with E-state index in [0.29, 0.717) is 16.4 Å². The molecule has 0 saturated carbocycles. The summed E-state index contributed by atoms with van der Waals surface area (Å²) in [6.07, 6.45) is -1.06. The van der Waals surface area contributed by atoms with Crippen LogP contribution in [0.1, 0.15) is 25.0 Å². The van der Waals surface area contributed by atoms with E-state index in [1.807, 2.05) is 50.2 Å². The average molecular weight is 408 g/mol. The van der Waals surface area contributed by atoms with Gasteiger partial charge in [-0.3, -0.25) is 4.79 Å². The molecule has 0 radical (unpaired) electrons. The van der Waals surface area contributed by atoms with Crippen molar-refractivity contribution in [1.82, 2.24) is 0 Å². The van der Waals surface area contributed by atoms with E-state index in [1.54, 1.807) is 6.07 Å². The Balaban J connectivity index is 2.21. The number of aliphatic imine (C=N–C) groups is 1. The molecule has 0 bridgehead atoms. The summed E-state index contributed by atoms with van der Waals surface area (Å²) in [5, 5.41) is 3.45. The normalized spacial score (nSPS) is 17.1. The number of carbonyl (C=O) groups is 1. The molecule has 1 aliphatic rings. The zero-order valence-corrected chi connectivity index (χ0v) is 15.6. The van der Waals surface area contributed by atoms with Gasteiger partial charge in [0.1, 0.15) is 0 Å². The van der Waals surface area contributed by atoms with E-state index in [4.69, 9.17) is 16.3 Å². The molecule has 0 fully saturated rings. The lowest BCUT2D eigenvalue weighted by Crippen LogP contribution is -2.30. The molecule has 3 rings (SSSR count). The number of amides is 1. The fourth-order valence-electron chi connectivity index (χ4n) is 2.48. The zero-order chi connectivity index (χ0) is 17.3. The molecule has 1 N–H and O–H groups in total. The Morgan fingerprint density at radius 3 is 2.67 bits per heavy atom. The Kier molecular flexibility index (Phi) is 5.04. The zero-order valence-electron chi connectivity index (χ0n) is 13.2. The van der Waals surface area contributed by atoms with Crippen molar-refractivity contribution >= 4 is 44.8 Å². The smallest absolute Gasteiger partial charge is 0.276 e. The molecule has 4 nitrogen and oxygen atoms in total. The van der Waals surface area contributed by atoms with Crippen LogP contribution in [0.5, 0.6) is 0 Å². The maximum atomic E-state index is 12.5. The van der Waals surface area contributed by atoms with Crippen molar-refractivity contribution in [3.63, 3.8) is 0 Å². The van der Waals surface area contributed by atoms with Gasteiger partial charge in [0.05, 0.1) is 17.5 Å². The maximum Gasteiger partial charge on any atom is 0.276 e. The van der Waals surface area contributed by atoms with E-state index in [0.717, 1.165) is 15.6 Å². The Bertz CT molecular complexity index is 820. The molecule has 0 spiro atoms. The summed E-state index contributed by atoms with van der Waals surface area (Å²) in [5.41, 5.74) is 2.85. The summed E-state index contributed by atoms with van der Waals surface area (Å²) in [6, 6.07) is 13.0. The first-order valence-corrected chi connectivity index (χ1v) is 8.72.